The molecule has 0 aliphatic heterocycles. The van der Waals surface area contributed by atoms with E-state index in [9.17, 15) is 0 Å². The third kappa shape index (κ3) is 2.70. The van der Waals surface area contributed by atoms with E-state index in [1.165, 1.54) is 17.8 Å². The Kier molecular flexibility index (Phi) is 3.99. The van der Waals surface area contributed by atoms with E-state index in [0.29, 0.717) is 29.9 Å². The molecule has 0 radical (unpaired) electrons. The molecule has 1 aliphatic carbocycles. The van der Waals surface area contributed by atoms with Crippen molar-refractivity contribution >= 4 is 17.0 Å². The molecular weight excluding hydrogens is 286 g/mol. The second-order valence-corrected chi connectivity index (χ2v) is 6.67. The van der Waals surface area contributed by atoms with Crippen LogP contribution in [0.1, 0.15) is 45.4 Å². The van der Waals surface area contributed by atoms with Crippen LogP contribution in [0.2, 0.25) is 0 Å². The van der Waals surface area contributed by atoms with Gasteiger partial charge in [-0.15, -0.1) is 11.3 Å². The van der Waals surface area contributed by atoms with E-state index in [1.807, 2.05) is 18.4 Å². The average molecular weight is 307 g/mol. The van der Waals surface area contributed by atoms with Gasteiger partial charge >= 0.3 is 0 Å². The molecule has 5 nitrogen and oxygen atoms in total. The Morgan fingerprint density at radius 1 is 1.57 bits per heavy atom. The summed E-state index contributed by atoms with van der Waals surface area (Å²) in [6.07, 6.45) is 4.26. The third-order valence-electron chi connectivity index (χ3n) is 4.10. The fraction of sp³-hybridized carbons (Fsp3) is 0.600. The zero-order chi connectivity index (χ0) is 14.9. The molecular formula is C15H21N3O2S. The number of rotatable bonds is 4. The topological polar surface area (TPSA) is 74.2 Å². The average Bonchev–Trinajstić information content (AvgIpc) is 3.07. The Labute approximate surface area is 128 Å². The van der Waals surface area contributed by atoms with Crippen LogP contribution in [-0.2, 0) is 10.3 Å². The smallest absolute Gasteiger partial charge is 0.270 e. The van der Waals surface area contributed by atoms with Crippen LogP contribution < -0.4 is 5.73 Å². The molecule has 1 fully saturated rings. The molecule has 6 heteroatoms. The van der Waals surface area contributed by atoms with E-state index >= 15 is 0 Å². The number of thiophene rings is 1. The van der Waals surface area contributed by atoms with Crippen LogP contribution in [0.15, 0.2) is 16.0 Å². The predicted molar refractivity (Wildman–Crippen MR) is 83.0 cm³/mol. The molecule has 114 valence electrons. The number of hydrogen-bond donors (Lipinski definition) is 1. The van der Waals surface area contributed by atoms with Crippen molar-refractivity contribution in [2.24, 2.45) is 5.92 Å². The minimum atomic E-state index is -0.403. The van der Waals surface area contributed by atoms with Crippen LogP contribution in [0.4, 0.5) is 5.69 Å². The Bertz CT molecular complexity index is 606. The molecule has 0 saturated heterocycles. The van der Waals surface area contributed by atoms with Crippen LogP contribution in [0.25, 0.3) is 10.8 Å². The number of anilines is 1. The lowest BCUT2D eigenvalue weighted by atomic mass is 9.78. The first-order valence-electron chi connectivity index (χ1n) is 7.46. The third-order valence-corrected chi connectivity index (χ3v) is 5.02. The van der Waals surface area contributed by atoms with Gasteiger partial charge in [-0.05, 0) is 43.6 Å². The number of aromatic nitrogens is 2. The highest BCUT2D eigenvalue weighted by Crippen LogP contribution is 2.42. The largest absolute Gasteiger partial charge is 0.397 e. The Morgan fingerprint density at radius 2 is 2.43 bits per heavy atom. The number of ether oxygens (including phenoxy) is 1. The van der Waals surface area contributed by atoms with Crippen LogP contribution in [-0.4, -0.2) is 16.7 Å². The molecule has 2 aromatic heterocycles. The summed E-state index contributed by atoms with van der Waals surface area (Å²) in [6.45, 7) is 4.92. The first-order valence-corrected chi connectivity index (χ1v) is 8.34. The highest BCUT2D eigenvalue weighted by atomic mass is 32.1. The highest BCUT2D eigenvalue weighted by molar-refractivity contribution is 7.14. The zero-order valence-electron chi connectivity index (χ0n) is 12.5. The van der Waals surface area contributed by atoms with Crippen molar-refractivity contribution in [2.45, 2.75) is 45.1 Å². The van der Waals surface area contributed by atoms with Crippen molar-refractivity contribution in [3.63, 3.8) is 0 Å². The van der Waals surface area contributed by atoms with Crippen LogP contribution in [0.5, 0.6) is 0 Å². The molecule has 21 heavy (non-hydrogen) atoms. The van der Waals surface area contributed by atoms with Crippen molar-refractivity contribution in [1.29, 1.82) is 0 Å². The number of hydrogen-bond acceptors (Lipinski definition) is 6. The fourth-order valence-electron chi connectivity index (χ4n) is 3.17. The van der Waals surface area contributed by atoms with Gasteiger partial charge in [0.05, 0.1) is 5.69 Å². The summed E-state index contributed by atoms with van der Waals surface area (Å²) >= 11 is 1.51. The van der Waals surface area contributed by atoms with Crippen molar-refractivity contribution in [3.05, 3.63) is 17.3 Å². The minimum absolute atomic E-state index is 0.403. The van der Waals surface area contributed by atoms with Gasteiger partial charge < -0.3 is 15.0 Å². The maximum Gasteiger partial charge on any atom is 0.270 e. The zero-order valence-corrected chi connectivity index (χ0v) is 13.3. The van der Waals surface area contributed by atoms with Crippen molar-refractivity contribution in [3.8, 4) is 10.8 Å². The standard InChI is InChI=1S/C15H21N3O2S/c1-3-19-15(7-4-5-10(2)9-15)14-17-13(20-18-14)12-11(16)6-8-21-12/h6,8,10H,3-5,7,9,16H2,1-2H3. The number of nitrogens with zero attached hydrogens (tertiary/aromatic N) is 2. The Balaban J connectivity index is 1.94. The van der Waals surface area contributed by atoms with E-state index in [4.69, 9.17) is 15.0 Å². The van der Waals surface area contributed by atoms with Crippen molar-refractivity contribution in [2.75, 3.05) is 12.3 Å². The monoisotopic (exact) mass is 307 g/mol. The maximum absolute atomic E-state index is 6.07. The number of nitrogen functional groups attached to an aromatic ring is 1. The van der Waals surface area contributed by atoms with Gasteiger partial charge in [-0.2, -0.15) is 4.98 Å². The fourth-order valence-corrected chi connectivity index (χ4v) is 3.91. The Hall–Kier alpha value is -1.40. The molecule has 2 aromatic rings. The van der Waals surface area contributed by atoms with Crippen LogP contribution in [0, 0.1) is 5.92 Å². The summed E-state index contributed by atoms with van der Waals surface area (Å²) in [6, 6.07) is 1.85. The highest BCUT2D eigenvalue weighted by Gasteiger charge is 2.41. The maximum atomic E-state index is 6.07. The van der Waals surface area contributed by atoms with E-state index in [2.05, 4.69) is 17.1 Å². The molecule has 1 aliphatic rings. The Morgan fingerprint density at radius 3 is 3.10 bits per heavy atom. The summed E-state index contributed by atoms with van der Waals surface area (Å²) in [7, 11) is 0. The lowest BCUT2D eigenvalue weighted by Crippen LogP contribution is -2.36. The second-order valence-electron chi connectivity index (χ2n) is 5.76. The van der Waals surface area contributed by atoms with Crippen LogP contribution in [0.3, 0.4) is 0 Å². The normalized spacial score (nSPS) is 26.1. The van der Waals surface area contributed by atoms with E-state index < -0.39 is 5.60 Å². The van der Waals surface area contributed by atoms with Gasteiger partial charge in [0.15, 0.2) is 0 Å². The molecule has 3 rings (SSSR count). The summed E-state index contributed by atoms with van der Waals surface area (Å²) in [5, 5.41) is 6.13. The summed E-state index contributed by atoms with van der Waals surface area (Å²) < 4.78 is 11.5. The van der Waals surface area contributed by atoms with Gasteiger partial charge in [-0.1, -0.05) is 18.5 Å². The molecule has 0 spiro atoms. The van der Waals surface area contributed by atoms with E-state index in [0.717, 1.165) is 24.1 Å². The summed E-state index contributed by atoms with van der Waals surface area (Å²) in [5.41, 5.74) is 6.20. The SMILES string of the molecule is CCOC1(c2noc(-c3sccc3N)n2)CCCC(C)C1. The lowest BCUT2D eigenvalue weighted by molar-refractivity contribution is -0.0891. The van der Waals surface area contributed by atoms with E-state index in [1.54, 1.807) is 0 Å². The first-order chi connectivity index (χ1) is 10.1. The first kappa shape index (κ1) is 14.5. The molecule has 1 saturated carbocycles. The number of nitrogens with two attached hydrogens (primary N) is 1. The second kappa shape index (κ2) is 5.77. The molecule has 0 bridgehead atoms. The van der Waals surface area contributed by atoms with Gasteiger partial charge in [0.1, 0.15) is 10.5 Å². The van der Waals surface area contributed by atoms with Gasteiger partial charge in [0.25, 0.3) is 5.89 Å². The van der Waals surface area contributed by atoms with Crippen molar-refractivity contribution in [1.82, 2.24) is 10.1 Å². The van der Waals surface area contributed by atoms with Gasteiger partial charge in [0, 0.05) is 6.61 Å². The quantitative estimate of drug-likeness (QED) is 0.929. The molecule has 2 heterocycles. The lowest BCUT2D eigenvalue weighted by Gasteiger charge is -2.37. The minimum Gasteiger partial charge on any atom is -0.397 e. The molecule has 0 amide bonds. The van der Waals surface area contributed by atoms with Crippen molar-refractivity contribution < 1.29 is 9.26 Å². The van der Waals surface area contributed by atoms with Gasteiger partial charge in [0.2, 0.25) is 5.82 Å². The molecule has 2 atom stereocenters. The molecule has 0 aromatic carbocycles. The van der Waals surface area contributed by atoms with Gasteiger partial charge in [-0.25, -0.2) is 0 Å². The van der Waals surface area contributed by atoms with Gasteiger partial charge in [-0.3, -0.25) is 0 Å². The van der Waals surface area contributed by atoms with E-state index in [-0.39, 0.29) is 0 Å². The molecule has 2 unspecified atom stereocenters. The van der Waals surface area contributed by atoms with Crippen LogP contribution >= 0.6 is 11.3 Å². The summed E-state index contributed by atoms with van der Waals surface area (Å²) in [5.74, 6) is 1.77. The molecule has 2 N–H and O–H groups in total. The summed E-state index contributed by atoms with van der Waals surface area (Å²) in [4.78, 5) is 5.43. The predicted octanol–water partition coefficient (Wildman–Crippen LogP) is 3.82.